The van der Waals surface area contributed by atoms with Crippen molar-refractivity contribution in [1.82, 2.24) is 0 Å². The van der Waals surface area contributed by atoms with Crippen molar-refractivity contribution in [3.63, 3.8) is 0 Å². The Bertz CT molecular complexity index is 510. The lowest BCUT2D eigenvalue weighted by Gasteiger charge is -2.37. The number of carbonyl (C=O) groups excluding carboxylic acids is 2. The van der Waals surface area contributed by atoms with E-state index in [4.69, 9.17) is 14.2 Å². The molecule has 2 aliphatic rings. The summed E-state index contributed by atoms with van der Waals surface area (Å²) in [7, 11) is 1.61. The third-order valence-corrected chi connectivity index (χ3v) is 4.79. The molecule has 0 amide bonds. The summed E-state index contributed by atoms with van der Waals surface area (Å²) in [5, 5.41) is 0. The Morgan fingerprint density at radius 3 is 2.83 bits per heavy atom. The molecule has 0 spiro atoms. The summed E-state index contributed by atoms with van der Waals surface area (Å²) in [6, 6.07) is 0. The molecule has 1 saturated carbocycles. The Hall–Kier alpha value is -1.30. The van der Waals surface area contributed by atoms with E-state index >= 15 is 0 Å². The predicted octanol–water partition coefficient (Wildman–Crippen LogP) is 2.70. The van der Waals surface area contributed by atoms with Crippen molar-refractivity contribution in [2.24, 2.45) is 17.3 Å². The number of ether oxygens (including phenoxy) is 3. The molecule has 24 heavy (non-hydrogen) atoms. The van der Waals surface area contributed by atoms with Gasteiger partial charge < -0.3 is 14.2 Å². The molecule has 4 atom stereocenters. The fourth-order valence-corrected chi connectivity index (χ4v) is 3.79. The molecule has 134 valence electrons. The van der Waals surface area contributed by atoms with Crippen LogP contribution < -0.4 is 0 Å². The number of ketones is 2. The van der Waals surface area contributed by atoms with Gasteiger partial charge in [0, 0.05) is 25.9 Å². The highest BCUT2D eigenvalue weighted by Gasteiger charge is 2.50. The van der Waals surface area contributed by atoms with E-state index in [2.05, 4.69) is 13.0 Å². The Morgan fingerprint density at radius 2 is 2.12 bits per heavy atom. The highest BCUT2D eigenvalue weighted by atomic mass is 16.7. The number of rotatable bonds is 8. The molecule has 0 aliphatic heterocycles. The summed E-state index contributed by atoms with van der Waals surface area (Å²) in [5.74, 6) is 0.450. The van der Waals surface area contributed by atoms with Crippen LogP contribution in [0.1, 0.15) is 33.1 Å². The van der Waals surface area contributed by atoms with Crippen LogP contribution in [0.2, 0.25) is 0 Å². The molecule has 2 rings (SSSR count). The fraction of sp³-hybridized carbons (Fsp3) is 0.684. The minimum atomic E-state index is -0.893. The molecule has 2 bridgehead atoms. The average Bonchev–Trinajstić information content (AvgIpc) is 2.72. The summed E-state index contributed by atoms with van der Waals surface area (Å²) in [4.78, 5) is 24.9. The van der Waals surface area contributed by atoms with Gasteiger partial charge in [0.15, 0.2) is 0 Å². The molecule has 0 N–H and O–H groups in total. The Balaban J connectivity index is 2.25. The predicted molar refractivity (Wildman–Crippen MR) is 90.5 cm³/mol. The van der Waals surface area contributed by atoms with Gasteiger partial charge in [-0.05, 0) is 19.3 Å². The minimum Gasteiger partial charge on any atom is -0.382 e. The largest absolute Gasteiger partial charge is 0.382 e. The zero-order valence-corrected chi connectivity index (χ0v) is 14.8. The molecule has 0 heterocycles. The maximum atomic E-state index is 13.0. The van der Waals surface area contributed by atoms with E-state index in [-0.39, 0.29) is 42.7 Å². The first kappa shape index (κ1) is 19.0. The van der Waals surface area contributed by atoms with E-state index in [1.807, 2.05) is 18.2 Å². The van der Waals surface area contributed by atoms with Gasteiger partial charge in [0.05, 0.1) is 24.7 Å². The molecule has 0 aromatic carbocycles. The number of allylic oxidation sites excluding steroid dienone is 2. The monoisotopic (exact) mass is 336 g/mol. The second-order valence-corrected chi connectivity index (χ2v) is 6.90. The summed E-state index contributed by atoms with van der Waals surface area (Å²) in [6.45, 7) is 4.63. The fourth-order valence-electron chi connectivity index (χ4n) is 3.79. The van der Waals surface area contributed by atoms with Crippen LogP contribution in [0.15, 0.2) is 24.3 Å². The molecule has 0 saturated heterocycles. The number of fused-ring (bicyclic) bond motifs is 2. The first-order chi connectivity index (χ1) is 11.5. The topological polar surface area (TPSA) is 61.8 Å². The summed E-state index contributed by atoms with van der Waals surface area (Å²) < 4.78 is 16.4. The van der Waals surface area contributed by atoms with E-state index in [1.54, 1.807) is 7.11 Å². The standard InChI is InChI=1S/C19H28O5/c1-14-10-16-6-4-5-7-19(12-15(2)20,17(21)11-14)18(16)24-13-23-9-8-22-3/h4-7,14,16,18H,8-13H2,1-3H3/t14-,16-,18-,19-/m0/s1. The number of carbonyl (C=O) groups is 2. The van der Waals surface area contributed by atoms with Gasteiger partial charge in [0.25, 0.3) is 0 Å². The normalized spacial score (nSPS) is 32.5. The Labute approximate surface area is 144 Å². The highest BCUT2D eigenvalue weighted by Crippen LogP contribution is 2.45. The van der Waals surface area contributed by atoms with Crippen molar-refractivity contribution >= 4 is 11.6 Å². The Morgan fingerprint density at radius 1 is 1.33 bits per heavy atom. The average molecular weight is 336 g/mol. The quantitative estimate of drug-likeness (QED) is 0.504. The van der Waals surface area contributed by atoms with Crippen LogP contribution in [-0.4, -0.2) is 44.8 Å². The van der Waals surface area contributed by atoms with Crippen molar-refractivity contribution in [2.45, 2.75) is 39.2 Å². The van der Waals surface area contributed by atoms with Crippen molar-refractivity contribution in [3.8, 4) is 0 Å². The summed E-state index contributed by atoms with van der Waals surface area (Å²) >= 11 is 0. The van der Waals surface area contributed by atoms with E-state index < -0.39 is 5.41 Å². The maximum absolute atomic E-state index is 13.0. The first-order valence-corrected chi connectivity index (χ1v) is 8.56. The number of hydrogen-bond acceptors (Lipinski definition) is 5. The van der Waals surface area contributed by atoms with Gasteiger partial charge in [0.2, 0.25) is 0 Å². The smallest absolute Gasteiger partial charge is 0.147 e. The lowest BCUT2D eigenvalue weighted by molar-refractivity contribution is -0.157. The van der Waals surface area contributed by atoms with Crippen LogP contribution in [0.25, 0.3) is 0 Å². The van der Waals surface area contributed by atoms with E-state index in [1.165, 1.54) is 6.92 Å². The van der Waals surface area contributed by atoms with Gasteiger partial charge in [-0.3, -0.25) is 9.59 Å². The van der Waals surface area contributed by atoms with Crippen LogP contribution in [0, 0.1) is 17.3 Å². The number of methoxy groups -OCH3 is 1. The van der Waals surface area contributed by atoms with Gasteiger partial charge >= 0.3 is 0 Å². The molecule has 0 unspecified atom stereocenters. The van der Waals surface area contributed by atoms with Crippen molar-refractivity contribution < 1.29 is 23.8 Å². The lowest BCUT2D eigenvalue weighted by atomic mass is 9.71. The third kappa shape index (κ3) is 4.41. The van der Waals surface area contributed by atoms with Gasteiger partial charge in [-0.2, -0.15) is 0 Å². The third-order valence-electron chi connectivity index (χ3n) is 4.79. The first-order valence-electron chi connectivity index (χ1n) is 8.56. The minimum absolute atomic E-state index is 0.00268. The molecular weight excluding hydrogens is 308 g/mol. The van der Waals surface area contributed by atoms with Gasteiger partial charge in [-0.25, -0.2) is 0 Å². The van der Waals surface area contributed by atoms with Crippen LogP contribution in [0.5, 0.6) is 0 Å². The summed E-state index contributed by atoms with van der Waals surface area (Å²) in [5.41, 5.74) is -0.893. The van der Waals surface area contributed by atoms with Crippen LogP contribution in [0.3, 0.4) is 0 Å². The highest BCUT2D eigenvalue weighted by molar-refractivity contribution is 5.93. The van der Waals surface area contributed by atoms with Gasteiger partial charge in [0.1, 0.15) is 18.4 Å². The van der Waals surface area contributed by atoms with E-state index in [0.717, 1.165) is 6.42 Å². The van der Waals surface area contributed by atoms with Crippen molar-refractivity contribution in [1.29, 1.82) is 0 Å². The molecule has 2 aliphatic carbocycles. The number of hydrogen-bond donors (Lipinski definition) is 0. The number of Topliss-reactive ketones (excluding diaryl/α,β-unsaturated/α-hetero) is 2. The van der Waals surface area contributed by atoms with Crippen LogP contribution >= 0.6 is 0 Å². The van der Waals surface area contributed by atoms with Crippen LogP contribution in [-0.2, 0) is 23.8 Å². The van der Waals surface area contributed by atoms with Gasteiger partial charge in [-0.15, -0.1) is 0 Å². The zero-order chi connectivity index (χ0) is 17.6. The molecule has 5 heteroatoms. The van der Waals surface area contributed by atoms with E-state index in [0.29, 0.717) is 19.6 Å². The second-order valence-electron chi connectivity index (χ2n) is 6.90. The summed E-state index contributed by atoms with van der Waals surface area (Å²) in [6.07, 6.45) is 8.93. The molecule has 0 aromatic heterocycles. The molecule has 5 nitrogen and oxygen atoms in total. The van der Waals surface area contributed by atoms with E-state index in [9.17, 15) is 9.59 Å². The molecule has 0 radical (unpaired) electrons. The van der Waals surface area contributed by atoms with Crippen molar-refractivity contribution in [3.05, 3.63) is 24.3 Å². The van der Waals surface area contributed by atoms with Crippen LogP contribution in [0.4, 0.5) is 0 Å². The van der Waals surface area contributed by atoms with Crippen molar-refractivity contribution in [2.75, 3.05) is 27.1 Å². The Kier molecular flexibility index (Phi) is 6.90. The maximum Gasteiger partial charge on any atom is 0.147 e. The molecule has 1 fully saturated rings. The SMILES string of the molecule is COCCOCO[C@H]1[C@H]2C=CC=C[C@]1(CC(C)=O)C(=O)C[C@@H](C)C2. The molecular formula is C19H28O5. The lowest BCUT2D eigenvalue weighted by Crippen LogP contribution is -2.46. The zero-order valence-electron chi connectivity index (χ0n) is 14.8. The van der Waals surface area contributed by atoms with Gasteiger partial charge in [-0.1, -0.05) is 31.2 Å². The second kappa shape index (κ2) is 8.70. The molecule has 0 aromatic rings.